The first kappa shape index (κ1) is 46.3. The first-order valence-corrected chi connectivity index (χ1v) is 28.0. The van der Waals surface area contributed by atoms with E-state index in [-0.39, 0.29) is 10.8 Å². The fourth-order valence-corrected chi connectivity index (χ4v) is 14.4. The number of fused-ring (bicyclic) bond motifs is 10. The molecule has 80 heavy (non-hydrogen) atoms. The molecule has 2 aliphatic rings. The molecule has 2 nitrogen and oxygen atoms in total. The lowest BCUT2D eigenvalue weighted by atomic mass is 9.72. The van der Waals surface area contributed by atoms with Crippen molar-refractivity contribution in [2.75, 3.05) is 0 Å². The third-order valence-electron chi connectivity index (χ3n) is 17.9. The Bertz CT molecular complexity index is 4640. The highest BCUT2D eigenvalue weighted by molar-refractivity contribution is 6.29. The van der Waals surface area contributed by atoms with E-state index in [1.165, 1.54) is 131 Å². The van der Waals surface area contributed by atoms with Crippen LogP contribution >= 0.6 is 0 Å². The number of hydrogen-bond acceptors (Lipinski definition) is 2. The van der Waals surface area contributed by atoms with Crippen LogP contribution in [0, 0.1) is 0 Å². The summed E-state index contributed by atoms with van der Waals surface area (Å²) in [5.41, 5.74) is 15.9. The maximum Gasteiger partial charge on any atom is 0.132 e. The minimum Gasteiger partial charge on any atom is -0.457 e. The Balaban J connectivity index is 1.08. The summed E-state index contributed by atoms with van der Waals surface area (Å²) in [6.45, 7) is 9.41. The molecule has 2 heteroatoms. The average molecular weight is 1020 g/mol. The fraction of sp³-hybridized carbons (Fsp3) is 0.0769. The molecule has 0 fully saturated rings. The summed E-state index contributed by atoms with van der Waals surface area (Å²) in [5, 5.41) is 14.5. The van der Waals surface area contributed by atoms with Gasteiger partial charge in [0.2, 0.25) is 0 Å². The second-order valence-corrected chi connectivity index (χ2v) is 23.0. The first-order valence-electron chi connectivity index (χ1n) is 28.0. The number of hydrogen-bond donors (Lipinski definition) is 0. The van der Waals surface area contributed by atoms with Gasteiger partial charge in [0.1, 0.15) is 23.0 Å². The predicted molar refractivity (Wildman–Crippen MR) is 336 cm³/mol. The Kier molecular flexibility index (Phi) is 10.1. The molecule has 0 N–H and O–H groups in total. The van der Waals surface area contributed by atoms with Gasteiger partial charge in [-0.2, -0.15) is 0 Å². The molecule has 2 heterocycles. The lowest BCUT2D eigenvalue weighted by molar-refractivity contribution is 0.418. The Morgan fingerprint density at radius 3 is 0.887 bits per heavy atom. The Labute approximate surface area is 465 Å². The lowest BCUT2D eigenvalue weighted by Gasteiger charge is -2.36. The van der Waals surface area contributed by atoms with Gasteiger partial charge in [-0.1, -0.05) is 246 Å². The van der Waals surface area contributed by atoms with E-state index in [2.05, 4.69) is 282 Å². The Morgan fingerprint density at radius 2 is 0.487 bits per heavy atom. The maximum atomic E-state index is 6.86. The van der Waals surface area contributed by atoms with Crippen molar-refractivity contribution in [3.05, 3.63) is 277 Å². The van der Waals surface area contributed by atoms with Crippen LogP contribution in [0.4, 0.5) is 0 Å². The first-order chi connectivity index (χ1) is 39.2. The molecular weight excluding hydrogens is 969 g/mol. The number of ether oxygens (including phenoxy) is 2. The highest BCUT2D eigenvalue weighted by atomic mass is 16.5. The molecule has 0 atom stereocenters. The molecule has 0 saturated heterocycles. The third-order valence-corrected chi connectivity index (χ3v) is 17.9. The molecule has 14 aromatic rings. The van der Waals surface area contributed by atoms with Crippen molar-refractivity contribution in [1.29, 1.82) is 0 Å². The largest absolute Gasteiger partial charge is 0.457 e. The molecule has 0 spiro atoms. The summed E-state index contributed by atoms with van der Waals surface area (Å²) in [6, 6.07) is 94.4. The van der Waals surface area contributed by atoms with E-state index >= 15 is 0 Å². The average Bonchev–Trinajstić information content (AvgIpc) is 3.51. The van der Waals surface area contributed by atoms with E-state index in [4.69, 9.17) is 9.47 Å². The number of rotatable bonds is 5. The monoisotopic (exact) mass is 1020 g/mol. The lowest BCUT2D eigenvalue weighted by Crippen LogP contribution is -2.25. The standard InChI is InChI=1S/C78H54O2/c1-77(2)67-39-9-11-41-69(67)79-71-43-19-37-61(75(71)77)55-31-17-35-59-65(55)46-66-56(62-38-20-44-72-76(62)78(3,4)68-40-10-12-42-70(68)80-72)32-18-36-60(66)74(59)73-57-33-15-29-53(51-27-13-23-47-21-5-7-25-49(47)51)63(57)45-64-54(30-16-34-58(64)73)52-28-14-24-48-22-6-8-26-50(48)52/h5-46H,1-4H3. The molecule has 0 bridgehead atoms. The topological polar surface area (TPSA) is 18.5 Å². The van der Waals surface area contributed by atoms with E-state index < -0.39 is 0 Å². The van der Waals surface area contributed by atoms with E-state index in [1.54, 1.807) is 0 Å². The van der Waals surface area contributed by atoms with Crippen molar-refractivity contribution in [3.63, 3.8) is 0 Å². The zero-order valence-electron chi connectivity index (χ0n) is 45.1. The second kappa shape index (κ2) is 17.4. The Hall–Kier alpha value is -9.76. The zero-order chi connectivity index (χ0) is 53.4. The van der Waals surface area contributed by atoms with Crippen LogP contribution in [0.1, 0.15) is 49.9 Å². The van der Waals surface area contributed by atoms with Crippen LogP contribution in [0.5, 0.6) is 23.0 Å². The van der Waals surface area contributed by atoms with E-state index in [0.29, 0.717) is 0 Å². The van der Waals surface area contributed by atoms with Crippen molar-refractivity contribution in [1.82, 2.24) is 0 Å². The van der Waals surface area contributed by atoms with Crippen LogP contribution in [0.15, 0.2) is 255 Å². The van der Waals surface area contributed by atoms with Crippen molar-refractivity contribution < 1.29 is 9.47 Å². The van der Waals surface area contributed by atoms with Gasteiger partial charge in [0.25, 0.3) is 0 Å². The van der Waals surface area contributed by atoms with Gasteiger partial charge in [0.05, 0.1) is 0 Å². The van der Waals surface area contributed by atoms with E-state index in [9.17, 15) is 0 Å². The minimum atomic E-state index is -0.361. The molecule has 0 aliphatic carbocycles. The summed E-state index contributed by atoms with van der Waals surface area (Å²) < 4.78 is 13.7. The maximum absolute atomic E-state index is 6.86. The highest BCUT2D eigenvalue weighted by Gasteiger charge is 2.38. The summed E-state index contributed by atoms with van der Waals surface area (Å²) in [6.07, 6.45) is 0. The molecule has 16 rings (SSSR count). The van der Waals surface area contributed by atoms with Gasteiger partial charge < -0.3 is 9.47 Å². The smallest absolute Gasteiger partial charge is 0.132 e. The quantitative estimate of drug-likeness (QED) is 0.160. The van der Waals surface area contributed by atoms with Gasteiger partial charge in [-0.3, -0.25) is 0 Å². The minimum absolute atomic E-state index is 0.361. The van der Waals surface area contributed by atoms with Gasteiger partial charge in [-0.15, -0.1) is 0 Å². The fourth-order valence-electron chi connectivity index (χ4n) is 14.4. The summed E-state index contributed by atoms with van der Waals surface area (Å²) >= 11 is 0. The van der Waals surface area contributed by atoms with Crippen molar-refractivity contribution in [2.24, 2.45) is 0 Å². The van der Waals surface area contributed by atoms with Crippen molar-refractivity contribution in [3.8, 4) is 78.6 Å². The summed E-state index contributed by atoms with van der Waals surface area (Å²) in [4.78, 5) is 0. The van der Waals surface area contributed by atoms with Gasteiger partial charge in [0.15, 0.2) is 0 Å². The molecule has 0 amide bonds. The predicted octanol–water partition coefficient (Wildman–Crippen LogP) is 21.8. The van der Waals surface area contributed by atoms with Crippen LogP contribution in [0.2, 0.25) is 0 Å². The van der Waals surface area contributed by atoms with Crippen LogP contribution in [-0.4, -0.2) is 0 Å². The molecular formula is C78H54O2. The highest BCUT2D eigenvalue weighted by Crippen LogP contribution is 2.56. The zero-order valence-corrected chi connectivity index (χ0v) is 45.1. The normalized spacial score (nSPS) is 13.9. The van der Waals surface area contributed by atoms with Crippen LogP contribution in [0.25, 0.3) is 120 Å². The number of para-hydroxylation sites is 2. The molecule has 0 aromatic heterocycles. The second-order valence-electron chi connectivity index (χ2n) is 23.0. The van der Waals surface area contributed by atoms with Crippen LogP contribution in [0.3, 0.4) is 0 Å². The van der Waals surface area contributed by atoms with Gasteiger partial charge >= 0.3 is 0 Å². The van der Waals surface area contributed by atoms with Gasteiger partial charge in [0, 0.05) is 33.1 Å². The summed E-state index contributed by atoms with van der Waals surface area (Å²) in [7, 11) is 0. The van der Waals surface area contributed by atoms with E-state index in [1.807, 2.05) is 0 Å². The van der Waals surface area contributed by atoms with Crippen molar-refractivity contribution in [2.45, 2.75) is 38.5 Å². The Morgan fingerprint density at radius 1 is 0.225 bits per heavy atom. The molecule has 0 unspecified atom stereocenters. The van der Waals surface area contributed by atoms with Crippen molar-refractivity contribution >= 4 is 64.6 Å². The molecule has 2 aliphatic heterocycles. The number of benzene rings is 14. The van der Waals surface area contributed by atoms with Crippen LogP contribution < -0.4 is 9.47 Å². The van der Waals surface area contributed by atoms with E-state index in [0.717, 1.165) is 34.1 Å². The van der Waals surface area contributed by atoms with Gasteiger partial charge in [-0.05, 0) is 157 Å². The molecule has 378 valence electrons. The molecule has 0 radical (unpaired) electrons. The molecule has 14 aromatic carbocycles. The summed E-state index contributed by atoms with van der Waals surface area (Å²) in [5.74, 6) is 3.61. The van der Waals surface area contributed by atoms with Gasteiger partial charge in [-0.25, -0.2) is 0 Å². The molecule has 0 saturated carbocycles. The third kappa shape index (κ3) is 6.72. The van der Waals surface area contributed by atoms with Crippen LogP contribution in [-0.2, 0) is 10.8 Å². The SMILES string of the molecule is CC1(C)c2ccccc2Oc2cccc(-c3cccc4c(-c5c6cccc(-c7cccc8ccccc78)c6cc6c(-c7cccc8ccccc78)cccc56)c5cccc(-c6cccc7c6C(C)(C)c6ccccc6O7)c5cc34)c21.